The minimum atomic E-state index is -0.452. The van der Waals surface area contributed by atoms with Crippen LogP contribution in [0.2, 0.25) is 0 Å². The van der Waals surface area contributed by atoms with Gasteiger partial charge >= 0.3 is 0 Å². The predicted molar refractivity (Wildman–Crippen MR) is 96.6 cm³/mol. The highest BCUT2D eigenvalue weighted by Crippen LogP contribution is 2.19. The molecule has 0 aliphatic heterocycles. The van der Waals surface area contributed by atoms with Gasteiger partial charge in [-0.05, 0) is 50.0 Å². The van der Waals surface area contributed by atoms with Crippen LogP contribution < -0.4 is 5.32 Å². The van der Waals surface area contributed by atoms with Crippen LogP contribution in [0.15, 0.2) is 24.3 Å². The van der Waals surface area contributed by atoms with E-state index < -0.39 is 6.10 Å². The summed E-state index contributed by atoms with van der Waals surface area (Å²) < 4.78 is 0. The van der Waals surface area contributed by atoms with Crippen LogP contribution in [0.5, 0.6) is 0 Å². The summed E-state index contributed by atoms with van der Waals surface area (Å²) in [6.45, 7) is 9.07. The highest BCUT2D eigenvalue weighted by Gasteiger charge is 2.11. The van der Waals surface area contributed by atoms with E-state index in [9.17, 15) is 9.90 Å². The van der Waals surface area contributed by atoms with Crippen molar-refractivity contribution in [3.05, 3.63) is 29.8 Å². The molecule has 0 aliphatic carbocycles. The average molecular weight is 320 g/mol. The molecule has 0 radical (unpaired) electrons. The molecule has 23 heavy (non-hydrogen) atoms. The van der Waals surface area contributed by atoms with Crippen LogP contribution in [0.4, 0.5) is 5.69 Å². The van der Waals surface area contributed by atoms with Crippen LogP contribution in [-0.4, -0.2) is 35.5 Å². The van der Waals surface area contributed by atoms with E-state index in [-0.39, 0.29) is 5.91 Å². The number of unbranched alkanes of at least 4 members (excludes halogenated alkanes) is 2. The van der Waals surface area contributed by atoms with Crippen LogP contribution in [0.25, 0.3) is 0 Å². The summed E-state index contributed by atoms with van der Waals surface area (Å²) in [7, 11) is 0. The van der Waals surface area contributed by atoms with Crippen LogP contribution in [0.1, 0.15) is 64.5 Å². The minimum absolute atomic E-state index is 0.0826. The molecule has 4 heteroatoms. The number of hydrogen-bond donors (Lipinski definition) is 2. The fourth-order valence-electron chi connectivity index (χ4n) is 2.56. The van der Waals surface area contributed by atoms with E-state index in [2.05, 4.69) is 24.1 Å². The van der Waals surface area contributed by atoms with Gasteiger partial charge in [-0.1, -0.05) is 38.8 Å². The number of aliphatic hydroxyl groups is 1. The molecule has 0 aliphatic rings. The van der Waals surface area contributed by atoms with E-state index in [0.29, 0.717) is 0 Å². The molecule has 0 saturated carbocycles. The van der Waals surface area contributed by atoms with Crippen LogP contribution in [0.3, 0.4) is 0 Å². The summed E-state index contributed by atoms with van der Waals surface area (Å²) >= 11 is 0. The second kappa shape index (κ2) is 11.2. The number of benzene rings is 1. The van der Waals surface area contributed by atoms with Crippen molar-refractivity contribution < 1.29 is 9.90 Å². The Morgan fingerprint density at radius 2 is 1.65 bits per heavy atom. The molecule has 0 aromatic heterocycles. The molecule has 0 bridgehead atoms. The summed E-state index contributed by atoms with van der Waals surface area (Å²) in [6, 6.07) is 7.45. The molecule has 0 spiro atoms. The number of hydrogen-bond acceptors (Lipinski definition) is 3. The molecule has 130 valence electrons. The van der Waals surface area contributed by atoms with Crippen LogP contribution in [-0.2, 0) is 4.79 Å². The zero-order chi connectivity index (χ0) is 17.1. The number of carbonyl (C=O) groups is 1. The van der Waals surface area contributed by atoms with Gasteiger partial charge in [-0.3, -0.25) is 4.79 Å². The Morgan fingerprint density at radius 1 is 1.09 bits per heavy atom. The molecule has 1 amide bonds. The Kier molecular flexibility index (Phi) is 9.57. The fraction of sp³-hybridized carbons (Fsp3) is 0.632. The lowest BCUT2D eigenvalue weighted by Gasteiger charge is -2.23. The molecule has 1 rings (SSSR count). The maximum absolute atomic E-state index is 11.0. The van der Waals surface area contributed by atoms with Crippen LogP contribution in [0, 0.1) is 0 Å². The van der Waals surface area contributed by atoms with E-state index >= 15 is 0 Å². The van der Waals surface area contributed by atoms with Gasteiger partial charge < -0.3 is 15.3 Å². The Labute approximate surface area is 140 Å². The van der Waals surface area contributed by atoms with Gasteiger partial charge in [0.15, 0.2) is 0 Å². The van der Waals surface area contributed by atoms with Crippen molar-refractivity contribution in [1.29, 1.82) is 0 Å². The highest BCUT2D eigenvalue weighted by molar-refractivity contribution is 5.88. The predicted octanol–water partition coefficient (Wildman–Crippen LogP) is 3.97. The number of carbonyl (C=O) groups excluding carboxylic acids is 1. The molecular formula is C19H32N2O2. The second-order valence-electron chi connectivity index (χ2n) is 6.16. The Hall–Kier alpha value is -1.39. The van der Waals surface area contributed by atoms with Crippen molar-refractivity contribution in [3.8, 4) is 0 Å². The monoisotopic (exact) mass is 320 g/mol. The van der Waals surface area contributed by atoms with Crippen molar-refractivity contribution in [3.63, 3.8) is 0 Å². The maximum atomic E-state index is 11.0. The molecule has 4 nitrogen and oxygen atoms in total. The number of rotatable bonds is 11. The maximum Gasteiger partial charge on any atom is 0.221 e. The smallest absolute Gasteiger partial charge is 0.221 e. The quantitative estimate of drug-likeness (QED) is 0.648. The van der Waals surface area contributed by atoms with Gasteiger partial charge in [-0.15, -0.1) is 0 Å². The molecule has 1 aromatic carbocycles. The van der Waals surface area contributed by atoms with Gasteiger partial charge in [0.05, 0.1) is 6.10 Å². The molecule has 0 fully saturated rings. The molecule has 1 unspecified atom stereocenters. The van der Waals surface area contributed by atoms with E-state index in [1.807, 2.05) is 24.3 Å². The third-order valence-electron chi connectivity index (χ3n) is 3.99. The van der Waals surface area contributed by atoms with Crippen molar-refractivity contribution in [2.24, 2.45) is 0 Å². The lowest BCUT2D eigenvalue weighted by Crippen LogP contribution is -2.28. The third kappa shape index (κ3) is 8.14. The summed E-state index contributed by atoms with van der Waals surface area (Å²) in [5.74, 6) is -0.0826. The molecule has 0 heterocycles. The lowest BCUT2D eigenvalue weighted by molar-refractivity contribution is -0.114. The molecular weight excluding hydrogens is 288 g/mol. The molecule has 1 atom stereocenters. The molecule has 2 N–H and O–H groups in total. The van der Waals surface area contributed by atoms with Gasteiger partial charge in [-0.25, -0.2) is 0 Å². The summed E-state index contributed by atoms with van der Waals surface area (Å²) in [5.41, 5.74) is 1.67. The van der Waals surface area contributed by atoms with E-state index in [0.717, 1.165) is 37.3 Å². The minimum Gasteiger partial charge on any atom is -0.388 e. The van der Waals surface area contributed by atoms with Crippen molar-refractivity contribution in [1.82, 2.24) is 4.90 Å². The van der Waals surface area contributed by atoms with Gasteiger partial charge in [0.25, 0.3) is 0 Å². The van der Waals surface area contributed by atoms with E-state index in [1.165, 1.54) is 32.6 Å². The van der Waals surface area contributed by atoms with Gasteiger partial charge in [0, 0.05) is 19.2 Å². The average Bonchev–Trinajstić information content (AvgIpc) is 2.54. The van der Waals surface area contributed by atoms with Gasteiger partial charge in [0.2, 0.25) is 5.91 Å². The van der Waals surface area contributed by atoms with Gasteiger partial charge in [0.1, 0.15) is 0 Å². The Bertz CT molecular complexity index is 437. The zero-order valence-electron chi connectivity index (χ0n) is 14.8. The van der Waals surface area contributed by atoms with Crippen LogP contribution >= 0.6 is 0 Å². The first-order chi connectivity index (χ1) is 11.1. The normalized spacial score (nSPS) is 12.4. The topological polar surface area (TPSA) is 52.6 Å². The highest BCUT2D eigenvalue weighted by atomic mass is 16.3. The fourth-order valence-corrected chi connectivity index (χ4v) is 2.56. The standard InChI is InChI=1S/C19H32N2O2/c1-4-6-13-21(14-7-5-2)15-12-19(23)17-8-10-18(11-9-17)20-16(3)22/h8-11,19,23H,4-7,12-15H2,1-3H3,(H,20,22). The van der Waals surface area contributed by atoms with E-state index in [4.69, 9.17) is 0 Å². The first kappa shape index (κ1) is 19.7. The zero-order valence-corrected chi connectivity index (χ0v) is 14.8. The van der Waals surface area contributed by atoms with Gasteiger partial charge in [-0.2, -0.15) is 0 Å². The second-order valence-corrected chi connectivity index (χ2v) is 6.16. The van der Waals surface area contributed by atoms with Crippen molar-refractivity contribution in [2.75, 3.05) is 25.0 Å². The first-order valence-electron chi connectivity index (χ1n) is 8.84. The third-order valence-corrected chi connectivity index (χ3v) is 3.99. The first-order valence-corrected chi connectivity index (χ1v) is 8.84. The number of nitrogens with zero attached hydrogens (tertiary/aromatic N) is 1. The Balaban J connectivity index is 2.49. The number of amides is 1. The molecule has 0 saturated heterocycles. The Morgan fingerprint density at radius 3 is 2.13 bits per heavy atom. The summed E-state index contributed by atoms with van der Waals surface area (Å²) in [6.07, 6.45) is 5.13. The lowest BCUT2D eigenvalue weighted by atomic mass is 10.1. The van der Waals surface area contributed by atoms with Crippen molar-refractivity contribution in [2.45, 2.75) is 59.0 Å². The summed E-state index contributed by atoms with van der Waals surface area (Å²) in [4.78, 5) is 13.5. The number of anilines is 1. The van der Waals surface area contributed by atoms with E-state index in [1.54, 1.807) is 0 Å². The van der Waals surface area contributed by atoms with Crippen molar-refractivity contribution >= 4 is 11.6 Å². The number of nitrogens with one attached hydrogen (secondary N) is 1. The molecule has 1 aromatic rings. The summed E-state index contributed by atoms with van der Waals surface area (Å²) in [5, 5.41) is 13.1. The number of aliphatic hydroxyl groups excluding tert-OH is 1. The largest absolute Gasteiger partial charge is 0.388 e. The SMILES string of the molecule is CCCCN(CCCC)CCC(O)c1ccc(NC(C)=O)cc1.